The summed E-state index contributed by atoms with van der Waals surface area (Å²) in [7, 11) is 0. The fourth-order valence-electron chi connectivity index (χ4n) is 2.24. The van der Waals surface area contributed by atoms with Gasteiger partial charge >= 0.3 is 5.97 Å². The molecule has 0 aromatic rings. The standard InChI is InChI=1S/C11H15NO3/c13-10(8-3-1-2-4-8)12-6-5-9(7-12)11(14)15/h1-2,8-9H,3-7H2,(H,14,15)/t9-/m1/s1. The van der Waals surface area contributed by atoms with Crippen LogP contribution >= 0.6 is 0 Å². The minimum Gasteiger partial charge on any atom is -0.481 e. The van der Waals surface area contributed by atoms with Gasteiger partial charge in [0, 0.05) is 19.0 Å². The van der Waals surface area contributed by atoms with Gasteiger partial charge in [0.1, 0.15) is 0 Å². The lowest BCUT2D eigenvalue weighted by Crippen LogP contribution is -2.34. The first-order valence-electron chi connectivity index (χ1n) is 5.35. The van der Waals surface area contributed by atoms with Gasteiger partial charge < -0.3 is 10.0 Å². The van der Waals surface area contributed by atoms with E-state index in [4.69, 9.17) is 5.11 Å². The molecular weight excluding hydrogens is 194 g/mol. The fourth-order valence-corrected chi connectivity index (χ4v) is 2.24. The van der Waals surface area contributed by atoms with Crippen LogP contribution in [0.2, 0.25) is 0 Å². The number of allylic oxidation sites excluding steroid dienone is 2. The molecule has 0 radical (unpaired) electrons. The van der Waals surface area contributed by atoms with Crippen molar-refractivity contribution in [3.05, 3.63) is 12.2 Å². The van der Waals surface area contributed by atoms with Crippen LogP contribution in [-0.2, 0) is 9.59 Å². The molecule has 1 saturated heterocycles. The number of hydrogen-bond donors (Lipinski definition) is 1. The highest BCUT2D eigenvalue weighted by Crippen LogP contribution is 2.24. The van der Waals surface area contributed by atoms with Crippen LogP contribution in [0, 0.1) is 11.8 Å². The van der Waals surface area contributed by atoms with Crippen LogP contribution < -0.4 is 0 Å². The Bertz CT molecular complexity index is 303. The molecule has 0 unspecified atom stereocenters. The lowest BCUT2D eigenvalue weighted by molar-refractivity contribution is -0.141. The molecule has 0 aromatic heterocycles. The van der Waals surface area contributed by atoms with Crippen LogP contribution in [0.4, 0.5) is 0 Å². The number of carboxylic acids is 1. The van der Waals surface area contributed by atoms with E-state index in [9.17, 15) is 9.59 Å². The summed E-state index contributed by atoms with van der Waals surface area (Å²) in [5, 5.41) is 8.83. The van der Waals surface area contributed by atoms with E-state index in [0.29, 0.717) is 19.5 Å². The van der Waals surface area contributed by atoms with Crippen molar-refractivity contribution in [1.82, 2.24) is 4.90 Å². The maximum Gasteiger partial charge on any atom is 0.308 e. The van der Waals surface area contributed by atoms with E-state index in [0.717, 1.165) is 12.8 Å². The molecule has 1 aliphatic heterocycles. The summed E-state index contributed by atoms with van der Waals surface area (Å²) < 4.78 is 0. The van der Waals surface area contributed by atoms with Crippen LogP contribution in [0.25, 0.3) is 0 Å². The molecule has 15 heavy (non-hydrogen) atoms. The zero-order valence-corrected chi connectivity index (χ0v) is 8.56. The van der Waals surface area contributed by atoms with Gasteiger partial charge in [-0.25, -0.2) is 0 Å². The maximum absolute atomic E-state index is 11.9. The normalized spacial score (nSPS) is 26.1. The SMILES string of the molecule is O=C(O)[C@@H]1CCN(C(=O)C2CC=CC2)C1. The molecule has 2 aliphatic rings. The lowest BCUT2D eigenvalue weighted by Gasteiger charge is -2.19. The molecule has 0 aromatic carbocycles. The maximum atomic E-state index is 11.9. The number of likely N-dealkylation sites (tertiary alicyclic amines) is 1. The summed E-state index contributed by atoms with van der Waals surface area (Å²) >= 11 is 0. The number of carboxylic acid groups (broad SMARTS) is 1. The Balaban J connectivity index is 1.90. The molecule has 1 atom stereocenters. The van der Waals surface area contributed by atoms with Crippen molar-refractivity contribution < 1.29 is 14.7 Å². The smallest absolute Gasteiger partial charge is 0.308 e. The van der Waals surface area contributed by atoms with Gasteiger partial charge in [0.15, 0.2) is 0 Å². The van der Waals surface area contributed by atoms with Gasteiger partial charge in [-0.1, -0.05) is 12.2 Å². The van der Waals surface area contributed by atoms with Crippen LogP contribution in [0.5, 0.6) is 0 Å². The zero-order chi connectivity index (χ0) is 10.8. The summed E-state index contributed by atoms with van der Waals surface area (Å²) in [6.45, 7) is 0.997. The van der Waals surface area contributed by atoms with Crippen molar-refractivity contribution in [2.24, 2.45) is 11.8 Å². The summed E-state index contributed by atoms with van der Waals surface area (Å²) in [5.41, 5.74) is 0. The highest BCUT2D eigenvalue weighted by molar-refractivity contribution is 5.81. The fraction of sp³-hybridized carbons (Fsp3) is 0.636. The number of nitrogens with zero attached hydrogens (tertiary/aromatic N) is 1. The van der Waals surface area contributed by atoms with Gasteiger partial charge in [-0.05, 0) is 19.3 Å². The van der Waals surface area contributed by atoms with Crippen molar-refractivity contribution in [3.8, 4) is 0 Å². The number of carbonyl (C=O) groups is 2. The van der Waals surface area contributed by atoms with Crippen molar-refractivity contribution in [2.75, 3.05) is 13.1 Å². The highest BCUT2D eigenvalue weighted by Gasteiger charge is 2.33. The topological polar surface area (TPSA) is 57.6 Å². The van der Waals surface area contributed by atoms with Gasteiger partial charge in [-0.15, -0.1) is 0 Å². The molecule has 1 amide bonds. The minimum atomic E-state index is -0.783. The predicted octanol–water partition coefficient (Wildman–Crippen LogP) is 0.886. The summed E-state index contributed by atoms with van der Waals surface area (Å²) in [5.74, 6) is -0.945. The van der Waals surface area contributed by atoms with Crippen LogP contribution in [-0.4, -0.2) is 35.0 Å². The molecule has 4 heteroatoms. The summed E-state index contributed by atoms with van der Waals surface area (Å²) in [6, 6.07) is 0. The molecule has 1 N–H and O–H groups in total. The van der Waals surface area contributed by atoms with Crippen molar-refractivity contribution >= 4 is 11.9 Å². The first-order chi connectivity index (χ1) is 7.18. The third-order valence-corrected chi connectivity index (χ3v) is 3.21. The minimum absolute atomic E-state index is 0.0672. The Kier molecular flexibility index (Phi) is 2.75. The lowest BCUT2D eigenvalue weighted by atomic mass is 10.1. The van der Waals surface area contributed by atoms with Crippen molar-refractivity contribution in [2.45, 2.75) is 19.3 Å². The third-order valence-electron chi connectivity index (χ3n) is 3.21. The number of aliphatic carboxylic acids is 1. The molecule has 1 fully saturated rings. The monoisotopic (exact) mass is 209 g/mol. The molecular formula is C11H15NO3. The highest BCUT2D eigenvalue weighted by atomic mass is 16.4. The van der Waals surface area contributed by atoms with Gasteiger partial charge in [0.2, 0.25) is 5.91 Å². The molecule has 0 bridgehead atoms. The van der Waals surface area contributed by atoms with E-state index in [1.165, 1.54) is 0 Å². The molecule has 0 saturated carbocycles. The quantitative estimate of drug-likeness (QED) is 0.687. The molecule has 0 spiro atoms. The third kappa shape index (κ3) is 2.03. The Hall–Kier alpha value is -1.32. The zero-order valence-electron chi connectivity index (χ0n) is 8.56. The average Bonchev–Trinajstić information content (AvgIpc) is 2.88. The number of amides is 1. The van der Waals surface area contributed by atoms with Crippen LogP contribution in [0.3, 0.4) is 0 Å². The first-order valence-corrected chi connectivity index (χ1v) is 5.35. The van der Waals surface area contributed by atoms with Crippen molar-refractivity contribution in [1.29, 1.82) is 0 Å². The summed E-state index contributed by atoms with van der Waals surface area (Å²) in [6.07, 6.45) is 6.27. The second kappa shape index (κ2) is 4.04. The number of carbonyl (C=O) groups excluding carboxylic acids is 1. The number of rotatable bonds is 2. The Morgan fingerprint density at radius 3 is 2.40 bits per heavy atom. The second-order valence-electron chi connectivity index (χ2n) is 4.25. The molecule has 1 heterocycles. The van der Waals surface area contributed by atoms with Crippen molar-refractivity contribution in [3.63, 3.8) is 0 Å². The Morgan fingerprint density at radius 1 is 1.20 bits per heavy atom. The predicted molar refractivity (Wildman–Crippen MR) is 54.2 cm³/mol. The Morgan fingerprint density at radius 2 is 1.87 bits per heavy atom. The molecule has 2 rings (SSSR count). The molecule has 1 aliphatic carbocycles. The van der Waals surface area contributed by atoms with Crippen LogP contribution in [0.15, 0.2) is 12.2 Å². The van der Waals surface area contributed by atoms with Gasteiger partial charge in [-0.3, -0.25) is 9.59 Å². The van der Waals surface area contributed by atoms with Gasteiger partial charge in [0.25, 0.3) is 0 Å². The van der Waals surface area contributed by atoms with E-state index in [1.807, 2.05) is 12.2 Å². The molecule has 82 valence electrons. The number of hydrogen-bond acceptors (Lipinski definition) is 2. The largest absolute Gasteiger partial charge is 0.481 e. The second-order valence-corrected chi connectivity index (χ2v) is 4.25. The van der Waals surface area contributed by atoms with Gasteiger partial charge in [0.05, 0.1) is 5.92 Å². The van der Waals surface area contributed by atoms with E-state index >= 15 is 0 Å². The molecule has 4 nitrogen and oxygen atoms in total. The van der Waals surface area contributed by atoms with E-state index < -0.39 is 5.97 Å². The summed E-state index contributed by atoms with van der Waals surface area (Å²) in [4.78, 5) is 24.4. The van der Waals surface area contributed by atoms with E-state index in [2.05, 4.69) is 0 Å². The van der Waals surface area contributed by atoms with E-state index in [1.54, 1.807) is 4.90 Å². The van der Waals surface area contributed by atoms with Gasteiger partial charge in [-0.2, -0.15) is 0 Å². The average molecular weight is 209 g/mol. The van der Waals surface area contributed by atoms with E-state index in [-0.39, 0.29) is 17.7 Å². The Labute approximate surface area is 88.6 Å². The first kappa shape index (κ1) is 10.2. The van der Waals surface area contributed by atoms with Crippen LogP contribution in [0.1, 0.15) is 19.3 Å².